The summed E-state index contributed by atoms with van der Waals surface area (Å²) in [7, 11) is -9.92. The van der Waals surface area contributed by atoms with Crippen molar-refractivity contribution < 1.29 is 80.2 Å². The summed E-state index contributed by atoms with van der Waals surface area (Å²) in [6, 6.07) is 0. The maximum atomic E-state index is 13.1. The van der Waals surface area contributed by atoms with Crippen molar-refractivity contribution in [3.05, 3.63) is 0 Å². The summed E-state index contributed by atoms with van der Waals surface area (Å²) in [5, 5.41) is 10.6. The molecule has 0 fully saturated rings. The first-order valence-corrected chi connectivity index (χ1v) is 45.3. The van der Waals surface area contributed by atoms with E-state index in [2.05, 4.69) is 48.5 Å². The Kier molecular flexibility index (Phi) is 70.9. The quantitative estimate of drug-likeness (QED) is 0.0222. The minimum absolute atomic E-state index is 0.105. The van der Waals surface area contributed by atoms with Gasteiger partial charge in [0.25, 0.3) is 0 Å². The predicted octanol–water partition coefficient (Wildman–Crippen LogP) is 24.5. The molecule has 101 heavy (non-hydrogen) atoms. The van der Waals surface area contributed by atoms with Crippen LogP contribution in [0.1, 0.15) is 427 Å². The van der Waals surface area contributed by atoms with Gasteiger partial charge in [0.05, 0.1) is 26.4 Å². The zero-order chi connectivity index (χ0) is 74.4. The minimum Gasteiger partial charge on any atom is -0.462 e. The number of phosphoric ester groups is 2. The number of ether oxygens (including phenoxy) is 4. The van der Waals surface area contributed by atoms with Crippen molar-refractivity contribution in [3.8, 4) is 0 Å². The van der Waals surface area contributed by atoms with Crippen LogP contribution in [0, 0.1) is 17.8 Å². The Morgan fingerprint density at radius 2 is 0.455 bits per heavy atom. The number of aliphatic hydroxyl groups excluding tert-OH is 1. The Bertz CT molecular complexity index is 1960. The lowest BCUT2D eigenvalue weighted by Gasteiger charge is -2.21. The molecule has 600 valence electrons. The highest BCUT2D eigenvalue weighted by Crippen LogP contribution is 2.45. The molecule has 0 radical (unpaired) electrons. The first-order chi connectivity index (χ1) is 48.7. The maximum absolute atomic E-state index is 13.1. The molecule has 0 aliphatic heterocycles. The first kappa shape index (κ1) is 99.1. The van der Waals surface area contributed by atoms with Gasteiger partial charge in [-0.15, -0.1) is 0 Å². The maximum Gasteiger partial charge on any atom is 0.472 e. The number of unbranched alkanes of at least 4 members (excludes halogenated alkanes) is 48. The summed E-state index contributed by atoms with van der Waals surface area (Å²) >= 11 is 0. The van der Waals surface area contributed by atoms with E-state index in [1.807, 2.05) is 0 Å². The SMILES string of the molecule is CCCCCCCCCCCCCCCCCCCCC(=O)OC[C@H](COP(=O)(O)OC[C@@H](O)COP(=O)(O)OC[C@@H](COC(=O)CCCCCCCCCCCC(C)C)OC(=O)CCCCCCCCCCCC(C)C)OC(=O)CCCCCCCCCCCCCCCCCCC(C)C. The summed E-state index contributed by atoms with van der Waals surface area (Å²) in [4.78, 5) is 73.1. The van der Waals surface area contributed by atoms with Gasteiger partial charge >= 0.3 is 39.5 Å². The van der Waals surface area contributed by atoms with Gasteiger partial charge in [-0.05, 0) is 43.4 Å². The van der Waals surface area contributed by atoms with Crippen LogP contribution in [0.3, 0.4) is 0 Å². The molecule has 0 aromatic rings. The molecule has 0 bridgehead atoms. The Hall–Kier alpha value is -1.94. The van der Waals surface area contributed by atoms with Crippen molar-refractivity contribution in [2.45, 2.75) is 446 Å². The Labute approximate surface area is 619 Å². The first-order valence-electron chi connectivity index (χ1n) is 42.3. The number of rotatable bonds is 80. The Morgan fingerprint density at radius 1 is 0.267 bits per heavy atom. The van der Waals surface area contributed by atoms with E-state index in [1.165, 1.54) is 238 Å². The summed E-state index contributed by atoms with van der Waals surface area (Å²) in [5.41, 5.74) is 0. The molecule has 0 saturated carbocycles. The molecule has 3 N–H and O–H groups in total. The highest BCUT2D eigenvalue weighted by Gasteiger charge is 2.30. The second kappa shape index (κ2) is 72.3. The Balaban J connectivity index is 5.24. The number of hydrogen-bond acceptors (Lipinski definition) is 15. The van der Waals surface area contributed by atoms with Crippen molar-refractivity contribution >= 4 is 39.5 Å². The van der Waals surface area contributed by atoms with Crippen molar-refractivity contribution in [3.63, 3.8) is 0 Å². The van der Waals surface area contributed by atoms with Crippen LogP contribution in [0.5, 0.6) is 0 Å². The van der Waals surface area contributed by atoms with E-state index in [1.54, 1.807) is 0 Å². The third-order valence-corrected chi connectivity index (χ3v) is 21.0. The van der Waals surface area contributed by atoms with Gasteiger partial charge < -0.3 is 33.8 Å². The molecule has 0 amide bonds. The van der Waals surface area contributed by atoms with Crippen molar-refractivity contribution in [2.75, 3.05) is 39.6 Å². The molecule has 0 spiro atoms. The monoisotopic (exact) mass is 1480 g/mol. The topological polar surface area (TPSA) is 237 Å². The zero-order valence-electron chi connectivity index (χ0n) is 66.4. The fourth-order valence-corrected chi connectivity index (χ4v) is 14.2. The standard InChI is InChI=1S/C82H160O17P2/c1-8-9-10-11-12-13-14-15-16-17-18-22-25-28-35-42-49-56-63-79(84)92-69-77(98-81(86)65-58-51-44-36-29-26-23-20-19-21-24-27-32-39-46-53-60-73(2)3)71-96-100(88,89)94-67-76(83)68-95-101(90,91)97-72-78(99-82(87)66-59-52-45-38-31-34-41-48-55-62-75(6)7)70-93-80(85)64-57-50-43-37-30-33-40-47-54-61-74(4)5/h73-78,83H,8-72H2,1-7H3,(H,88,89)(H,90,91)/t76-,77-,78-/m1/s1. The molecule has 5 atom stereocenters. The number of carbonyl (C=O) groups excluding carboxylic acids is 4. The number of aliphatic hydroxyl groups is 1. The van der Waals surface area contributed by atoms with Crippen LogP contribution in [0.15, 0.2) is 0 Å². The van der Waals surface area contributed by atoms with E-state index in [0.717, 1.165) is 108 Å². The third-order valence-electron chi connectivity index (χ3n) is 19.1. The number of phosphoric acid groups is 2. The minimum atomic E-state index is -4.96. The number of hydrogen-bond donors (Lipinski definition) is 3. The lowest BCUT2D eigenvalue weighted by Crippen LogP contribution is -2.30. The van der Waals surface area contributed by atoms with E-state index < -0.39 is 97.5 Å². The van der Waals surface area contributed by atoms with Crippen molar-refractivity contribution in [1.29, 1.82) is 0 Å². The van der Waals surface area contributed by atoms with E-state index in [-0.39, 0.29) is 25.7 Å². The summed E-state index contributed by atoms with van der Waals surface area (Å²) < 4.78 is 68.8. The largest absolute Gasteiger partial charge is 0.472 e. The third kappa shape index (κ3) is 76.1. The second-order valence-electron chi connectivity index (χ2n) is 30.9. The van der Waals surface area contributed by atoms with Crippen molar-refractivity contribution in [2.24, 2.45) is 17.8 Å². The molecule has 0 saturated heterocycles. The van der Waals surface area contributed by atoms with Crippen LogP contribution >= 0.6 is 15.6 Å². The number of esters is 4. The van der Waals surface area contributed by atoms with Gasteiger partial charge in [0, 0.05) is 25.7 Å². The Morgan fingerprint density at radius 3 is 0.673 bits per heavy atom. The van der Waals surface area contributed by atoms with Crippen LogP contribution in [-0.2, 0) is 65.4 Å². The smallest absolute Gasteiger partial charge is 0.462 e. The number of carbonyl (C=O) groups is 4. The fourth-order valence-electron chi connectivity index (χ4n) is 12.7. The summed E-state index contributed by atoms with van der Waals surface area (Å²) in [6.45, 7) is 11.9. The predicted molar refractivity (Wildman–Crippen MR) is 414 cm³/mol. The molecule has 0 aliphatic rings. The van der Waals surface area contributed by atoms with E-state index in [0.29, 0.717) is 25.7 Å². The van der Waals surface area contributed by atoms with Crippen LogP contribution in [0.2, 0.25) is 0 Å². The van der Waals surface area contributed by atoms with Gasteiger partial charge in [0.15, 0.2) is 12.2 Å². The molecule has 17 nitrogen and oxygen atoms in total. The molecule has 2 unspecified atom stereocenters. The average Bonchev–Trinajstić information content (AvgIpc) is 1.02. The molecule has 19 heteroatoms. The van der Waals surface area contributed by atoms with Gasteiger partial charge in [-0.3, -0.25) is 37.3 Å². The van der Waals surface area contributed by atoms with Gasteiger partial charge in [0.2, 0.25) is 0 Å². The summed E-state index contributed by atoms with van der Waals surface area (Å²) in [6.07, 6.45) is 61.1. The van der Waals surface area contributed by atoms with Crippen LogP contribution < -0.4 is 0 Å². The zero-order valence-corrected chi connectivity index (χ0v) is 68.2. The lowest BCUT2D eigenvalue weighted by molar-refractivity contribution is -0.161. The highest BCUT2D eigenvalue weighted by molar-refractivity contribution is 7.47. The van der Waals surface area contributed by atoms with Crippen LogP contribution in [0.25, 0.3) is 0 Å². The molecule has 0 aromatic heterocycles. The molecule has 0 aromatic carbocycles. The molecule has 0 aliphatic carbocycles. The summed E-state index contributed by atoms with van der Waals surface area (Å²) in [5.74, 6) is 0.179. The van der Waals surface area contributed by atoms with Gasteiger partial charge in [-0.1, -0.05) is 376 Å². The molecule has 0 rings (SSSR count). The normalized spacial score (nSPS) is 14.0. The van der Waals surface area contributed by atoms with E-state index in [9.17, 15) is 43.2 Å². The second-order valence-corrected chi connectivity index (χ2v) is 33.8. The van der Waals surface area contributed by atoms with E-state index >= 15 is 0 Å². The van der Waals surface area contributed by atoms with Gasteiger partial charge in [0.1, 0.15) is 19.3 Å². The molecular weight excluding hydrogens is 1320 g/mol. The lowest BCUT2D eigenvalue weighted by atomic mass is 10.0. The van der Waals surface area contributed by atoms with Crippen molar-refractivity contribution in [1.82, 2.24) is 0 Å². The van der Waals surface area contributed by atoms with Crippen LogP contribution in [-0.4, -0.2) is 96.7 Å². The van der Waals surface area contributed by atoms with Gasteiger partial charge in [-0.2, -0.15) is 0 Å². The fraction of sp³-hybridized carbons (Fsp3) is 0.951. The molecular formula is C82H160O17P2. The van der Waals surface area contributed by atoms with Gasteiger partial charge in [-0.25, -0.2) is 9.13 Å². The molecule has 0 heterocycles. The highest BCUT2D eigenvalue weighted by atomic mass is 31.2. The van der Waals surface area contributed by atoms with E-state index in [4.69, 9.17) is 37.0 Å². The average molecular weight is 1480 g/mol. The van der Waals surface area contributed by atoms with Crippen LogP contribution in [0.4, 0.5) is 0 Å².